The second kappa shape index (κ2) is 4.60. The molecule has 0 aromatic rings. The Hall–Kier alpha value is -0.120. The molecule has 0 saturated heterocycles. The zero-order chi connectivity index (χ0) is 10.8. The molecule has 3 atom stereocenters. The fourth-order valence-electron chi connectivity index (χ4n) is 2.21. The van der Waals surface area contributed by atoms with E-state index in [-0.39, 0.29) is 12.0 Å². The third-order valence-electron chi connectivity index (χ3n) is 3.34. The number of rotatable bonds is 3. The van der Waals surface area contributed by atoms with E-state index in [2.05, 4.69) is 4.90 Å². The van der Waals surface area contributed by atoms with E-state index in [9.17, 15) is 10.2 Å². The van der Waals surface area contributed by atoms with Crippen LogP contribution >= 0.6 is 0 Å². The maximum atomic E-state index is 10.1. The van der Waals surface area contributed by atoms with Gasteiger partial charge in [0, 0.05) is 0 Å². The first kappa shape index (κ1) is 12.0. The topological polar surface area (TPSA) is 43.7 Å². The van der Waals surface area contributed by atoms with Crippen LogP contribution in [0, 0.1) is 5.92 Å². The van der Waals surface area contributed by atoms with Gasteiger partial charge < -0.3 is 15.1 Å². The lowest BCUT2D eigenvalue weighted by Crippen LogP contribution is -2.43. The SMILES string of the molecule is CN(C)CC[C@H]1C[C@@H](O)CC[C@@]1(C)O. The van der Waals surface area contributed by atoms with Crippen LogP contribution in [0.25, 0.3) is 0 Å². The Morgan fingerprint density at radius 3 is 2.64 bits per heavy atom. The van der Waals surface area contributed by atoms with Crippen LogP contribution in [0.2, 0.25) is 0 Å². The van der Waals surface area contributed by atoms with E-state index in [0.717, 1.165) is 32.2 Å². The molecule has 0 radical (unpaired) electrons. The first-order valence-corrected chi connectivity index (χ1v) is 5.47. The van der Waals surface area contributed by atoms with Crippen molar-refractivity contribution in [1.82, 2.24) is 4.90 Å². The molecule has 3 heteroatoms. The zero-order valence-corrected chi connectivity index (χ0v) is 9.53. The van der Waals surface area contributed by atoms with Crippen LogP contribution in [-0.2, 0) is 0 Å². The van der Waals surface area contributed by atoms with E-state index in [1.54, 1.807) is 0 Å². The molecule has 14 heavy (non-hydrogen) atoms. The minimum atomic E-state index is -0.574. The molecule has 3 nitrogen and oxygen atoms in total. The molecule has 1 aliphatic carbocycles. The van der Waals surface area contributed by atoms with Crippen molar-refractivity contribution in [2.45, 2.75) is 44.3 Å². The molecule has 0 amide bonds. The summed E-state index contributed by atoms with van der Waals surface area (Å²) in [6.45, 7) is 2.88. The number of hydrogen-bond donors (Lipinski definition) is 2. The second-order valence-electron chi connectivity index (χ2n) is 5.07. The minimum absolute atomic E-state index is 0.206. The number of nitrogens with zero attached hydrogens (tertiary/aromatic N) is 1. The Balaban J connectivity index is 2.46. The standard InChI is InChI=1S/C11H23NO2/c1-11(14)6-4-10(13)8-9(11)5-7-12(2)3/h9-10,13-14H,4-8H2,1-3H3/t9-,10-,11+/m0/s1. The van der Waals surface area contributed by atoms with Gasteiger partial charge in [0.2, 0.25) is 0 Å². The van der Waals surface area contributed by atoms with Crippen molar-refractivity contribution in [3.05, 3.63) is 0 Å². The van der Waals surface area contributed by atoms with Gasteiger partial charge >= 0.3 is 0 Å². The second-order valence-corrected chi connectivity index (χ2v) is 5.07. The smallest absolute Gasteiger partial charge is 0.0650 e. The van der Waals surface area contributed by atoms with Crippen molar-refractivity contribution >= 4 is 0 Å². The van der Waals surface area contributed by atoms with E-state index >= 15 is 0 Å². The Morgan fingerprint density at radius 2 is 2.07 bits per heavy atom. The van der Waals surface area contributed by atoms with Crippen molar-refractivity contribution in [1.29, 1.82) is 0 Å². The predicted molar refractivity (Wildman–Crippen MR) is 57.1 cm³/mol. The molecule has 1 saturated carbocycles. The molecular weight excluding hydrogens is 178 g/mol. The summed E-state index contributed by atoms with van der Waals surface area (Å²) in [5.41, 5.74) is -0.574. The Kier molecular flexibility index (Phi) is 3.93. The Morgan fingerprint density at radius 1 is 1.43 bits per heavy atom. The van der Waals surface area contributed by atoms with Gasteiger partial charge in [0.1, 0.15) is 0 Å². The van der Waals surface area contributed by atoms with Gasteiger partial charge in [-0.2, -0.15) is 0 Å². The molecule has 84 valence electrons. The van der Waals surface area contributed by atoms with Crippen LogP contribution in [0.15, 0.2) is 0 Å². The molecule has 0 heterocycles. The molecule has 0 aromatic heterocycles. The van der Waals surface area contributed by atoms with Crippen molar-refractivity contribution in [3.63, 3.8) is 0 Å². The molecular formula is C11H23NO2. The third kappa shape index (κ3) is 3.23. The third-order valence-corrected chi connectivity index (χ3v) is 3.34. The Bertz CT molecular complexity index is 180. The number of aliphatic hydroxyl groups excluding tert-OH is 1. The van der Waals surface area contributed by atoms with Gasteiger partial charge in [-0.1, -0.05) is 0 Å². The fraction of sp³-hybridized carbons (Fsp3) is 1.00. The van der Waals surface area contributed by atoms with Gasteiger partial charge in [-0.25, -0.2) is 0 Å². The van der Waals surface area contributed by atoms with Gasteiger partial charge in [-0.3, -0.25) is 0 Å². The summed E-state index contributed by atoms with van der Waals surface area (Å²) in [5, 5.41) is 19.7. The van der Waals surface area contributed by atoms with Crippen molar-refractivity contribution < 1.29 is 10.2 Å². The summed E-state index contributed by atoms with van der Waals surface area (Å²) < 4.78 is 0. The van der Waals surface area contributed by atoms with E-state index in [0.29, 0.717) is 0 Å². The largest absolute Gasteiger partial charge is 0.393 e. The highest BCUT2D eigenvalue weighted by atomic mass is 16.3. The fourth-order valence-corrected chi connectivity index (χ4v) is 2.21. The molecule has 0 bridgehead atoms. The lowest BCUT2D eigenvalue weighted by atomic mass is 9.74. The van der Waals surface area contributed by atoms with Crippen LogP contribution in [-0.4, -0.2) is 47.5 Å². The van der Waals surface area contributed by atoms with E-state index < -0.39 is 5.60 Å². The molecule has 1 fully saturated rings. The van der Waals surface area contributed by atoms with Crippen LogP contribution in [0.5, 0.6) is 0 Å². The number of aliphatic hydroxyl groups is 2. The molecule has 0 unspecified atom stereocenters. The van der Waals surface area contributed by atoms with Crippen molar-refractivity contribution in [2.24, 2.45) is 5.92 Å². The molecule has 1 rings (SSSR count). The first-order chi connectivity index (χ1) is 6.42. The van der Waals surface area contributed by atoms with Crippen LogP contribution < -0.4 is 0 Å². The predicted octanol–water partition coefficient (Wildman–Crippen LogP) is 0.850. The average Bonchev–Trinajstić information content (AvgIpc) is 2.07. The summed E-state index contributed by atoms with van der Waals surface area (Å²) >= 11 is 0. The summed E-state index contributed by atoms with van der Waals surface area (Å²) in [5.74, 6) is 0.244. The summed E-state index contributed by atoms with van der Waals surface area (Å²) in [4.78, 5) is 2.12. The molecule has 0 spiro atoms. The molecule has 1 aliphatic rings. The zero-order valence-electron chi connectivity index (χ0n) is 9.53. The summed E-state index contributed by atoms with van der Waals surface area (Å²) in [7, 11) is 4.07. The van der Waals surface area contributed by atoms with E-state index in [1.807, 2.05) is 21.0 Å². The molecule has 0 aliphatic heterocycles. The first-order valence-electron chi connectivity index (χ1n) is 5.47. The van der Waals surface area contributed by atoms with Crippen LogP contribution in [0.1, 0.15) is 32.6 Å². The normalized spacial score (nSPS) is 39.0. The maximum absolute atomic E-state index is 10.1. The van der Waals surface area contributed by atoms with Crippen molar-refractivity contribution in [3.8, 4) is 0 Å². The summed E-state index contributed by atoms with van der Waals surface area (Å²) in [6.07, 6.45) is 2.98. The molecule has 0 aromatic carbocycles. The Labute approximate surface area is 86.7 Å². The van der Waals surface area contributed by atoms with Gasteiger partial charge in [0.15, 0.2) is 0 Å². The van der Waals surface area contributed by atoms with Crippen molar-refractivity contribution in [2.75, 3.05) is 20.6 Å². The maximum Gasteiger partial charge on any atom is 0.0650 e. The van der Waals surface area contributed by atoms with Gasteiger partial charge in [-0.15, -0.1) is 0 Å². The van der Waals surface area contributed by atoms with Crippen LogP contribution in [0.4, 0.5) is 0 Å². The van der Waals surface area contributed by atoms with E-state index in [4.69, 9.17) is 0 Å². The van der Waals surface area contributed by atoms with Gasteiger partial charge in [-0.05, 0) is 59.2 Å². The van der Waals surface area contributed by atoms with E-state index in [1.165, 1.54) is 0 Å². The van der Waals surface area contributed by atoms with Crippen LogP contribution in [0.3, 0.4) is 0 Å². The minimum Gasteiger partial charge on any atom is -0.393 e. The van der Waals surface area contributed by atoms with Gasteiger partial charge in [0.05, 0.1) is 11.7 Å². The molecule has 2 N–H and O–H groups in total. The average molecular weight is 201 g/mol. The highest BCUT2D eigenvalue weighted by molar-refractivity contribution is 4.89. The lowest BCUT2D eigenvalue weighted by molar-refractivity contribution is -0.0711. The lowest BCUT2D eigenvalue weighted by Gasteiger charge is -2.39. The monoisotopic (exact) mass is 201 g/mol. The summed E-state index contributed by atoms with van der Waals surface area (Å²) in [6, 6.07) is 0. The number of hydrogen-bond acceptors (Lipinski definition) is 3. The highest BCUT2D eigenvalue weighted by Gasteiger charge is 2.37. The highest BCUT2D eigenvalue weighted by Crippen LogP contribution is 2.35. The van der Waals surface area contributed by atoms with Gasteiger partial charge in [0.25, 0.3) is 0 Å². The quantitative estimate of drug-likeness (QED) is 0.711.